The lowest BCUT2D eigenvalue weighted by molar-refractivity contribution is -0.00000496. The van der Waals surface area contributed by atoms with Gasteiger partial charge in [0.2, 0.25) is 0 Å². The predicted octanol–water partition coefficient (Wildman–Crippen LogP) is -2.61. The standard InChI is InChI=1S/C8H11NO2.ClH/c9-5-8(11)6-1-3-7(10)4-2-6;/h1-4,8,10-11H,5,9H2;1H/p-1. The van der Waals surface area contributed by atoms with E-state index in [2.05, 4.69) is 0 Å². The third-order valence-corrected chi connectivity index (χ3v) is 1.50. The molecule has 1 unspecified atom stereocenters. The number of aliphatic hydroxyl groups is 1. The summed E-state index contributed by atoms with van der Waals surface area (Å²) in [5.41, 5.74) is 5.96. The second kappa shape index (κ2) is 4.98. The first-order valence-corrected chi connectivity index (χ1v) is 3.41. The molecule has 1 atom stereocenters. The quantitative estimate of drug-likeness (QED) is 0.477. The van der Waals surface area contributed by atoms with Crippen LogP contribution in [0.1, 0.15) is 11.7 Å². The van der Waals surface area contributed by atoms with E-state index in [1.165, 1.54) is 12.1 Å². The van der Waals surface area contributed by atoms with E-state index in [-0.39, 0.29) is 24.7 Å². The van der Waals surface area contributed by atoms with Crippen LogP contribution < -0.4 is 18.1 Å². The fourth-order valence-corrected chi connectivity index (χ4v) is 0.833. The van der Waals surface area contributed by atoms with E-state index < -0.39 is 6.10 Å². The maximum Gasteiger partial charge on any atom is 0.115 e. The summed E-state index contributed by atoms with van der Waals surface area (Å²) in [6, 6.07) is 6.34. The van der Waals surface area contributed by atoms with Crippen LogP contribution in [-0.2, 0) is 0 Å². The highest BCUT2D eigenvalue weighted by Crippen LogP contribution is 2.15. The molecule has 0 saturated heterocycles. The Kier molecular flexibility index (Phi) is 4.66. The van der Waals surface area contributed by atoms with Crippen LogP contribution in [0.4, 0.5) is 0 Å². The molecule has 12 heavy (non-hydrogen) atoms. The van der Waals surface area contributed by atoms with Crippen molar-refractivity contribution in [1.29, 1.82) is 0 Å². The van der Waals surface area contributed by atoms with Crippen LogP contribution in [0.25, 0.3) is 0 Å². The van der Waals surface area contributed by atoms with Crippen LogP contribution in [0.5, 0.6) is 5.75 Å². The fraction of sp³-hybridized carbons (Fsp3) is 0.250. The zero-order valence-corrected chi connectivity index (χ0v) is 7.20. The molecule has 68 valence electrons. The van der Waals surface area contributed by atoms with Gasteiger partial charge in [-0.15, -0.1) is 0 Å². The normalized spacial score (nSPS) is 11.8. The summed E-state index contributed by atoms with van der Waals surface area (Å²) in [5.74, 6) is 0.193. The van der Waals surface area contributed by atoms with Gasteiger partial charge in [-0.1, -0.05) is 12.1 Å². The first-order valence-electron chi connectivity index (χ1n) is 3.41. The highest BCUT2D eigenvalue weighted by molar-refractivity contribution is 5.27. The Bertz CT molecular complexity index is 225. The van der Waals surface area contributed by atoms with E-state index in [4.69, 9.17) is 10.8 Å². The number of aromatic hydroxyl groups is 1. The molecule has 0 bridgehead atoms. The van der Waals surface area contributed by atoms with Gasteiger partial charge >= 0.3 is 0 Å². The van der Waals surface area contributed by atoms with Gasteiger partial charge in [0.1, 0.15) is 5.75 Å². The number of benzene rings is 1. The van der Waals surface area contributed by atoms with Crippen molar-refractivity contribution < 1.29 is 22.6 Å². The molecule has 1 aromatic rings. The monoisotopic (exact) mass is 188 g/mol. The minimum absolute atomic E-state index is 0. The SMILES string of the molecule is NCC(O)c1ccc(O)cc1.[Cl-]. The first kappa shape index (κ1) is 11.2. The lowest BCUT2D eigenvalue weighted by atomic mass is 10.1. The van der Waals surface area contributed by atoms with Gasteiger partial charge in [0.05, 0.1) is 6.10 Å². The Hall–Kier alpha value is -0.770. The van der Waals surface area contributed by atoms with Gasteiger partial charge in [-0.3, -0.25) is 0 Å². The molecule has 0 radical (unpaired) electrons. The third-order valence-electron chi connectivity index (χ3n) is 1.50. The largest absolute Gasteiger partial charge is 1.00 e. The van der Waals surface area contributed by atoms with E-state index in [1.54, 1.807) is 12.1 Å². The van der Waals surface area contributed by atoms with Crippen molar-refractivity contribution >= 4 is 0 Å². The number of hydrogen-bond donors (Lipinski definition) is 3. The minimum atomic E-state index is -0.629. The van der Waals surface area contributed by atoms with Crippen molar-refractivity contribution in [2.45, 2.75) is 6.10 Å². The topological polar surface area (TPSA) is 66.5 Å². The zero-order valence-electron chi connectivity index (χ0n) is 6.44. The molecule has 0 aromatic heterocycles. The van der Waals surface area contributed by atoms with Crippen LogP contribution >= 0.6 is 0 Å². The van der Waals surface area contributed by atoms with Crippen molar-refractivity contribution in [1.82, 2.24) is 0 Å². The van der Waals surface area contributed by atoms with Gasteiger partial charge in [-0.05, 0) is 17.7 Å². The average molecular weight is 189 g/mol. The smallest absolute Gasteiger partial charge is 0.115 e. The number of halogens is 1. The molecule has 0 aliphatic rings. The Morgan fingerprint density at radius 2 is 1.75 bits per heavy atom. The Balaban J connectivity index is 0.00000121. The molecule has 4 heteroatoms. The Morgan fingerprint density at radius 1 is 1.25 bits per heavy atom. The summed E-state index contributed by atoms with van der Waals surface area (Å²) in [5, 5.41) is 18.1. The van der Waals surface area contributed by atoms with Gasteiger partial charge in [0, 0.05) is 6.54 Å². The summed E-state index contributed by atoms with van der Waals surface area (Å²) in [4.78, 5) is 0. The van der Waals surface area contributed by atoms with E-state index >= 15 is 0 Å². The summed E-state index contributed by atoms with van der Waals surface area (Å²) in [6.07, 6.45) is -0.629. The number of rotatable bonds is 2. The lowest BCUT2D eigenvalue weighted by Crippen LogP contribution is -3.00. The molecule has 0 saturated carbocycles. The van der Waals surface area contributed by atoms with Crippen molar-refractivity contribution in [2.75, 3.05) is 6.54 Å². The predicted molar refractivity (Wildman–Crippen MR) is 42.1 cm³/mol. The maximum absolute atomic E-state index is 9.21. The molecule has 1 aromatic carbocycles. The molecule has 4 N–H and O–H groups in total. The third kappa shape index (κ3) is 2.70. The molecule has 0 spiro atoms. The highest BCUT2D eigenvalue weighted by Gasteiger charge is 2.02. The van der Waals surface area contributed by atoms with E-state index in [9.17, 15) is 5.11 Å². The second-order valence-electron chi connectivity index (χ2n) is 2.34. The van der Waals surface area contributed by atoms with Crippen molar-refractivity contribution in [3.63, 3.8) is 0 Å². The zero-order chi connectivity index (χ0) is 8.27. The molecular weight excluding hydrogens is 178 g/mol. The summed E-state index contributed by atoms with van der Waals surface area (Å²) < 4.78 is 0. The highest BCUT2D eigenvalue weighted by atomic mass is 35.5. The van der Waals surface area contributed by atoms with Gasteiger partial charge in [-0.2, -0.15) is 0 Å². The van der Waals surface area contributed by atoms with Gasteiger partial charge in [0.15, 0.2) is 0 Å². The molecule has 0 amide bonds. The molecule has 1 rings (SSSR count). The van der Waals surface area contributed by atoms with E-state index in [0.29, 0.717) is 0 Å². The molecule has 3 nitrogen and oxygen atoms in total. The van der Waals surface area contributed by atoms with Crippen molar-refractivity contribution in [3.8, 4) is 5.75 Å². The minimum Gasteiger partial charge on any atom is -1.00 e. The number of hydrogen-bond acceptors (Lipinski definition) is 3. The molecule has 0 fully saturated rings. The molecule has 0 aliphatic carbocycles. The van der Waals surface area contributed by atoms with E-state index in [0.717, 1.165) is 5.56 Å². The van der Waals surface area contributed by atoms with E-state index in [1.807, 2.05) is 0 Å². The van der Waals surface area contributed by atoms with Gasteiger partial charge in [-0.25, -0.2) is 0 Å². The van der Waals surface area contributed by atoms with Gasteiger partial charge < -0.3 is 28.4 Å². The van der Waals surface area contributed by atoms with Crippen LogP contribution in [0, 0.1) is 0 Å². The molecular formula is C8H11ClNO2-. The number of phenols is 1. The van der Waals surface area contributed by atoms with Crippen LogP contribution in [0.2, 0.25) is 0 Å². The number of phenolic OH excluding ortho intramolecular Hbond substituents is 1. The fourth-order valence-electron chi connectivity index (χ4n) is 0.833. The lowest BCUT2D eigenvalue weighted by Gasteiger charge is -2.06. The second-order valence-corrected chi connectivity index (χ2v) is 2.34. The van der Waals surface area contributed by atoms with Crippen LogP contribution in [-0.4, -0.2) is 16.8 Å². The van der Waals surface area contributed by atoms with Gasteiger partial charge in [0.25, 0.3) is 0 Å². The average Bonchev–Trinajstić information content (AvgIpc) is 2.05. The first-order chi connectivity index (χ1) is 5.24. The number of aliphatic hydroxyl groups excluding tert-OH is 1. The van der Waals surface area contributed by atoms with Crippen LogP contribution in [0.3, 0.4) is 0 Å². The summed E-state index contributed by atoms with van der Waals surface area (Å²) in [7, 11) is 0. The Morgan fingerprint density at radius 3 is 2.17 bits per heavy atom. The van der Waals surface area contributed by atoms with Crippen molar-refractivity contribution in [3.05, 3.63) is 29.8 Å². The molecule has 0 aliphatic heterocycles. The Labute approximate surface area is 77.2 Å². The van der Waals surface area contributed by atoms with Crippen LogP contribution in [0.15, 0.2) is 24.3 Å². The molecule has 0 heterocycles. The maximum atomic E-state index is 9.21. The summed E-state index contributed by atoms with van der Waals surface area (Å²) in [6.45, 7) is 0.199. The van der Waals surface area contributed by atoms with Crippen molar-refractivity contribution in [2.24, 2.45) is 5.73 Å². The number of nitrogens with two attached hydrogens (primary N) is 1. The summed E-state index contributed by atoms with van der Waals surface area (Å²) >= 11 is 0.